The highest BCUT2D eigenvalue weighted by Gasteiger charge is 2.29. The van der Waals surface area contributed by atoms with E-state index in [9.17, 15) is 4.91 Å². The van der Waals surface area contributed by atoms with E-state index in [-0.39, 0.29) is 6.23 Å². The fourth-order valence-electron chi connectivity index (χ4n) is 1.46. The minimum absolute atomic E-state index is 0.102. The Labute approximate surface area is 72.8 Å². The largest absolute Gasteiger partial charge is 0.353 e. The number of hydrogen-bond acceptors (Lipinski definition) is 3. The van der Waals surface area contributed by atoms with E-state index in [4.69, 9.17) is 4.74 Å². The highest BCUT2D eigenvalue weighted by molar-refractivity contribution is 4.74. The zero-order valence-electron chi connectivity index (χ0n) is 7.86. The molecule has 1 rings (SSSR count). The van der Waals surface area contributed by atoms with Crippen molar-refractivity contribution in [3.8, 4) is 0 Å². The lowest BCUT2D eigenvalue weighted by Gasteiger charge is -2.19. The summed E-state index contributed by atoms with van der Waals surface area (Å²) in [5, 5.41) is 4.17. The van der Waals surface area contributed by atoms with Gasteiger partial charge in [0.05, 0.1) is 11.4 Å². The van der Waals surface area contributed by atoms with Crippen molar-refractivity contribution in [2.45, 2.75) is 39.0 Å². The van der Waals surface area contributed by atoms with Gasteiger partial charge in [-0.25, -0.2) is 5.01 Å². The Morgan fingerprint density at radius 3 is 2.58 bits per heavy atom. The number of nitrogens with zero attached hydrogens (tertiary/aromatic N) is 2. The van der Waals surface area contributed by atoms with Crippen LogP contribution in [-0.4, -0.2) is 24.4 Å². The molecule has 0 aromatic rings. The maximum absolute atomic E-state index is 10.2. The van der Waals surface area contributed by atoms with E-state index < -0.39 is 0 Å². The quantitative estimate of drug-likeness (QED) is 0.481. The molecule has 1 heterocycles. The highest BCUT2D eigenvalue weighted by Crippen LogP contribution is 2.26. The van der Waals surface area contributed by atoms with Gasteiger partial charge < -0.3 is 4.74 Å². The topological polar surface area (TPSA) is 41.9 Å². The van der Waals surface area contributed by atoms with Crippen LogP contribution < -0.4 is 0 Å². The molecule has 1 aliphatic rings. The molecule has 0 amide bonds. The Kier molecular flexibility index (Phi) is 3.03. The zero-order valence-corrected chi connectivity index (χ0v) is 7.86. The molecule has 0 N–H and O–H groups in total. The monoisotopic (exact) mass is 172 g/mol. The van der Waals surface area contributed by atoms with Crippen molar-refractivity contribution in [3.05, 3.63) is 4.91 Å². The third kappa shape index (κ3) is 1.94. The molecule has 2 atom stereocenters. The molecule has 4 heteroatoms. The molecule has 0 aliphatic carbocycles. The number of nitroso groups, excluding NO2 is 1. The van der Waals surface area contributed by atoms with E-state index in [0.29, 0.717) is 12.0 Å². The molecule has 0 saturated carbocycles. The number of rotatable bonds is 3. The Hall–Kier alpha value is -0.640. The van der Waals surface area contributed by atoms with Gasteiger partial charge in [-0.3, -0.25) is 0 Å². The lowest BCUT2D eigenvalue weighted by molar-refractivity contribution is -0.0571. The van der Waals surface area contributed by atoms with E-state index in [1.165, 1.54) is 5.01 Å². The van der Waals surface area contributed by atoms with Crippen LogP contribution in [0.4, 0.5) is 0 Å². The predicted octanol–water partition coefficient (Wildman–Crippen LogP) is 1.76. The molecular weight excluding hydrogens is 156 g/mol. The number of ether oxygens (including phenoxy) is 1. The van der Waals surface area contributed by atoms with Crippen LogP contribution in [0.2, 0.25) is 0 Å². The van der Waals surface area contributed by atoms with Gasteiger partial charge in [0.1, 0.15) is 6.23 Å². The van der Waals surface area contributed by atoms with Crippen LogP contribution in [0.25, 0.3) is 0 Å². The molecular formula is C8H16N2O2. The summed E-state index contributed by atoms with van der Waals surface area (Å²) in [7, 11) is 1.65. The van der Waals surface area contributed by atoms with Crippen LogP contribution in [0.3, 0.4) is 0 Å². The highest BCUT2D eigenvalue weighted by atomic mass is 16.5. The van der Waals surface area contributed by atoms with Crippen LogP contribution in [-0.2, 0) is 4.74 Å². The Balaban J connectivity index is 2.40. The summed E-state index contributed by atoms with van der Waals surface area (Å²) >= 11 is 0. The van der Waals surface area contributed by atoms with Crippen molar-refractivity contribution < 1.29 is 4.74 Å². The third-order valence-corrected chi connectivity index (χ3v) is 2.32. The lowest BCUT2D eigenvalue weighted by atomic mass is 10.1. The van der Waals surface area contributed by atoms with Gasteiger partial charge in [0.25, 0.3) is 0 Å². The SMILES string of the molecule is CC(C)C1CCC(N(C)N=O)O1. The maximum Gasteiger partial charge on any atom is 0.149 e. The molecule has 0 bridgehead atoms. The normalized spacial score (nSPS) is 29.3. The predicted molar refractivity (Wildman–Crippen MR) is 46.3 cm³/mol. The lowest BCUT2D eigenvalue weighted by Crippen LogP contribution is -2.27. The average Bonchev–Trinajstić information content (AvgIpc) is 2.51. The molecule has 12 heavy (non-hydrogen) atoms. The van der Waals surface area contributed by atoms with Gasteiger partial charge in [-0.15, -0.1) is 4.91 Å². The van der Waals surface area contributed by atoms with E-state index >= 15 is 0 Å². The summed E-state index contributed by atoms with van der Waals surface area (Å²) < 4.78 is 5.61. The molecule has 0 radical (unpaired) electrons. The second-order valence-corrected chi connectivity index (χ2v) is 3.61. The van der Waals surface area contributed by atoms with Crippen LogP contribution in [0, 0.1) is 10.8 Å². The first-order valence-electron chi connectivity index (χ1n) is 4.36. The van der Waals surface area contributed by atoms with E-state index in [1.54, 1.807) is 7.05 Å². The smallest absolute Gasteiger partial charge is 0.149 e. The maximum atomic E-state index is 10.2. The summed E-state index contributed by atoms with van der Waals surface area (Å²) in [5.41, 5.74) is 0. The summed E-state index contributed by atoms with van der Waals surface area (Å²) in [6, 6.07) is 0. The summed E-state index contributed by atoms with van der Waals surface area (Å²) in [6.07, 6.45) is 2.13. The Bertz CT molecular complexity index is 161. The van der Waals surface area contributed by atoms with Gasteiger partial charge in [0.2, 0.25) is 0 Å². The summed E-state index contributed by atoms with van der Waals surface area (Å²) in [5.74, 6) is 0.523. The van der Waals surface area contributed by atoms with Crippen LogP contribution in [0.5, 0.6) is 0 Å². The van der Waals surface area contributed by atoms with Crippen LogP contribution in [0.1, 0.15) is 26.7 Å². The second kappa shape index (κ2) is 3.85. The van der Waals surface area contributed by atoms with Gasteiger partial charge in [0, 0.05) is 7.05 Å². The number of hydrogen-bond donors (Lipinski definition) is 0. The van der Waals surface area contributed by atoms with E-state index in [1.807, 2.05) is 0 Å². The Morgan fingerprint density at radius 1 is 1.50 bits per heavy atom. The minimum atomic E-state index is -0.102. The Morgan fingerprint density at radius 2 is 2.17 bits per heavy atom. The van der Waals surface area contributed by atoms with Crippen LogP contribution >= 0.6 is 0 Å². The van der Waals surface area contributed by atoms with Crippen molar-refractivity contribution >= 4 is 0 Å². The summed E-state index contributed by atoms with van der Waals surface area (Å²) in [6.45, 7) is 4.25. The van der Waals surface area contributed by atoms with E-state index in [0.717, 1.165) is 12.8 Å². The standard InChI is InChI=1S/C8H16N2O2/c1-6(2)7-4-5-8(12-7)10(3)9-11/h6-8H,4-5H2,1-3H3. The molecule has 1 saturated heterocycles. The molecule has 1 aliphatic heterocycles. The van der Waals surface area contributed by atoms with Crippen molar-refractivity contribution in [2.24, 2.45) is 11.2 Å². The molecule has 0 spiro atoms. The van der Waals surface area contributed by atoms with Gasteiger partial charge >= 0.3 is 0 Å². The first-order valence-corrected chi connectivity index (χ1v) is 4.36. The van der Waals surface area contributed by atoms with Crippen molar-refractivity contribution in [1.82, 2.24) is 5.01 Å². The average molecular weight is 172 g/mol. The first kappa shape index (κ1) is 9.45. The van der Waals surface area contributed by atoms with Gasteiger partial charge in [0.15, 0.2) is 0 Å². The van der Waals surface area contributed by atoms with Gasteiger partial charge in [-0.2, -0.15) is 0 Å². The third-order valence-electron chi connectivity index (χ3n) is 2.32. The molecule has 0 aromatic heterocycles. The van der Waals surface area contributed by atoms with Crippen LogP contribution in [0.15, 0.2) is 5.29 Å². The fourth-order valence-corrected chi connectivity index (χ4v) is 1.46. The fraction of sp³-hybridized carbons (Fsp3) is 1.00. The van der Waals surface area contributed by atoms with Gasteiger partial charge in [-0.05, 0) is 18.8 Å². The first-order chi connectivity index (χ1) is 5.65. The van der Waals surface area contributed by atoms with Crippen molar-refractivity contribution in [2.75, 3.05) is 7.05 Å². The second-order valence-electron chi connectivity index (χ2n) is 3.61. The minimum Gasteiger partial charge on any atom is -0.353 e. The molecule has 70 valence electrons. The zero-order chi connectivity index (χ0) is 9.14. The molecule has 0 aromatic carbocycles. The molecule has 4 nitrogen and oxygen atoms in total. The van der Waals surface area contributed by atoms with E-state index in [2.05, 4.69) is 19.1 Å². The summed E-state index contributed by atoms with van der Waals surface area (Å²) in [4.78, 5) is 10.2. The molecule has 1 fully saturated rings. The molecule has 2 unspecified atom stereocenters. The van der Waals surface area contributed by atoms with Crippen molar-refractivity contribution in [3.63, 3.8) is 0 Å². The van der Waals surface area contributed by atoms with Crippen molar-refractivity contribution in [1.29, 1.82) is 0 Å². The van der Waals surface area contributed by atoms with Gasteiger partial charge in [-0.1, -0.05) is 13.8 Å².